The minimum Gasteiger partial charge on any atom is -0.506 e. The number of halogens is 1. The first-order valence-electron chi connectivity index (χ1n) is 8.68. The molecule has 0 unspecified atom stereocenters. The second-order valence-corrected chi connectivity index (χ2v) is 6.16. The largest absolute Gasteiger partial charge is 0.506 e. The number of ether oxygens (including phenoxy) is 1. The number of nitrogens with one attached hydrogen (secondary N) is 1. The molecule has 0 amide bonds. The van der Waals surface area contributed by atoms with Crippen LogP contribution >= 0.6 is 0 Å². The van der Waals surface area contributed by atoms with Crippen LogP contribution in [0.4, 0.5) is 4.39 Å². The lowest BCUT2D eigenvalue weighted by molar-refractivity contribution is 0.317. The zero-order valence-corrected chi connectivity index (χ0v) is 14.9. The molecule has 4 rings (SSSR count). The Labute approximate surface area is 158 Å². The van der Waals surface area contributed by atoms with Gasteiger partial charge in [-0.15, -0.1) is 0 Å². The van der Waals surface area contributed by atoms with Gasteiger partial charge in [-0.2, -0.15) is 4.98 Å². The molecule has 0 saturated carbocycles. The Hall–Kier alpha value is -3.68. The summed E-state index contributed by atoms with van der Waals surface area (Å²) >= 11 is 0. The molecule has 8 heteroatoms. The summed E-state index contributed by atoms with van der Waals surface area (Å²) in [5, 5.41) is 14.6. The van der Waals surface area contributed by atoms with Crippen LogP contribution in [0.3, 0.4) is 0 Å². The summed E-state index contributed by atoms with van der Waals surface area (Å²) in [6.45, 7) is 2.65. The Morgan fingerprint density at radius 3 is 2.75 bits per heavy atom. The molecule has 28 heavy (non-hydrogen) atoms. The molecule has 0 spiro atoms. The number of aromatic amines is 1. The SMILES string of the molecule is CCCOc1ccc(-c2noc(-c3c(O)c4ccc(F)cc4[nH]c3=O)n2)cc1. The lowest BCUT2D eigenvalue weighted by atomic mass is 10.1. The van der Waals surface area contributed by atoms with E-state index in [1.54, 1.807) is 24.3 Å². The number of nitrogens with zero attached hydrogens (tertiary/aromatic N) is 2. The third-order valence-corrected chi connectivity index (χ3v) is 4.17. The van der Waals surface area contributed by atoms with E-state index >= 15 is 0 Å². The summed E-state index contributed by atoms with van der Waals surface area (Å²) in [4.78, 5) is 19.1. The average Bonchev–Trinajstić information content (AvgIpc) is 3.16. The third kappa shape index (κ3) is 3.20. The predicted molar refractivity (Wildman–Crippen MR) is 101 cm³/mol. The monoisotopic (exact) mass is 381 g/mol. The molecular formula is C20H16FN3O4. The van der Waals surface area contributed by atoms with Crippen molar-refractivity contribution in [3.8, 4) is 34.3 Å². The van der Waals surface area contributed by atoms with E-state index in [2.05, 4.69) is 15.1 Å². The van der Waals surface area contributed by atoms with E-state index in [0.717, 1.165) is 18.2 Å². The van der Waals surface area contributed by atoms with Crippen molar-refractivity contribution in [2.24, 2.45) is 0 Å². The van der Waals surface area contributed by atoms with Crippen LogP contribution in [0.5, 0.6) is 11.5 Å². The molecule has 0 bridgehead atoms. The molecule has 2 N–H and O–H groups in total. The Balaban J connectivity index is 1.71. The van der Waals surface area contributed by atoms with Gasteiger partial charge >= 0.3 is 0 Å². The van der Waals surface area contributed by atoms with Gasteiger partial charge in [0.1, 0.15) is 22.9 Å². The van der Waals surface area contributed by atoms with Crippen LogP contribution in [-0.4, -0.2) is 26.8 Å². The van der Waals surface area contributed by atoms with Gasteiger partial charge in [0.25, 0.3) is 11.4 Å². The Kier molecular flexibility index (Phi) is 4.52. The highest BCUT2D eigenvalue weighted by Gasteiger charge is 2.20. The van der Waals surface area contributed by atoms with Gasteiger partial charge in [-0.05, 0) is 48.9 Å². The number of hydrogen-bond donors (Lipinski definition) is 2. The fourth-order valence-corrected chi connectivity index (χ4v) is 2.81. The van der Waals surface area contributed by atoms with E-state index in [-0.39, 0.29) is 33.9 Å². The summed E-state index contributed by atoms with van der Waals surface area (Å²) in [6.07, 6.45) is 0.909. The number of pyridine rings is 1. The maximum atomic E-state index is 13.4. The van der Waals surface area contributed by atoms with E-state index < -0.39 is 11.4 Å². The van der Waals surface area contributed by atoms with Crippen molar-refractivity contribution in [3.05, 3.63) is 58.6 Å². The molecule has 142 valence electrons. The number of rotatable bonds is 5. The number of aromatic hydroxyl groups is 1. The number of H-pyrrole nitrogens is 1. The molecule has 0 aliphatic carbocycles. The van der Waals surface area contributed by atoms with E-state index in [9.17, 15) is 14.3 Å². The van der Waals surface area contributed by atoms with Crippen molar-refractivity contribution in [3.63, 3.8) is 0 Å². The first-order chi connectivity index (χ1) is 13.6. The predicted octanol–water partition coefficient (Wildman–Crippen LogP) is 3.88. The molecule has 0 saturated heterocycles. The fourth-order valence-electron chi connectivity index (χ4n) is 2.81. The van der Waals surface area contributed by atoms with Crippen LogP contribution in [0.15, 0.2) is 51.8 Å². The van der Waals surface area contributed by atoms with E-state index in [4.69, 9.17) is 9.26 Å². The Morgan fingerprint density at radius 1 is 1.21 bits per heavy atom. The molecule has 2 aromatic carbocycles. The normalized spacial score (nSPS) is 11.1. The first kappa shape index (κ1) is 17.7. The van der Waals surface area contributed by atoms with Crippen LogP contribution < -0.4 is 10.3 Å². The highest BCUT2D eigenvalue weighted by atomic mass is 19.1. The van der Waals surface area contributed by atoms with Crippen molar-refractivity contribution < 1.29 is 18.8 Å². The summed E-state index contributed by atoms with van der Waals surface area (Å²) < 4.78 is 24.1. The van der Waals surface area contributed by atoms with Crippen LogP contribution in [0.1, 0.15) is 13.3 Å². The van der Waals surface area contributed by atoms with Gasteiger partial charge in [0.15, 0.2) is 0 Å². The van der Waals surface area contributed by atoms with Crippen LogP contribution in [0, 0.1) is 5.82 Å². The van der Waals surface area contributed by atoms with Crippen molar-refractivity contribution >= 4 is 10.9 Å². The van der Waals surface area contributed by atoms with Gasteiger partial charge in [0.2, 0.25) is 5.82 Å². The van der Waals surface area contributed by atoms with Crippen LogP contribution in [0.25, 0.3) is 33.7 Å². The van der Waals surface area contributed by atoms with Crippen LogP contribution in [0.2, 0.25) is 0 Å². The molecule has 0 radical (unpaired) electrons. The number of aromatic nitrogens is 3. The standard InChI is InChI=1S/C20H16FN3O4/c1-2-9-27-13-6-3-11(4-7-13)18-23-20(28-24-18)16-17(25)14-8-5-12(21)10-15(14)22-19(16)26/h3-8,10H,2,9H2,1H3,(H2,22,25,26). The molecule has 0 aliphatic rings. The summed E-state index contributed by atoms with van der Waals surface area (Å²) in [7, 11) is 0. The van der Waals surface area contributed by atoms with Gasteiger partial charge < -0.3 is 19.4 Å². The smallest absolute Gasteiger partial charge is 0.267 e. The van der Waals surface area contributed by atoms with Crippen molar-refractivity contribution in [1.29, 1.82) is 0 Å². The van der Waals surface area contributed by atoms with E-state index in [0.29, 0.717) is 12.2 Å². The van der Waals surface area contributed by atoms with Crippen LogP contribution in [-0.2, 0) is 0 Å². The number of fused-ring (bicyclic) bond motifs is 1. The Bertz CT molecular complexity index is 1200. The van der Waals surface area contributed by atoms with Gasteiger partial charge in [-0.25, -0.2) is 4.39 Å². The number of hydrogen-bond acceptors (Lipinski definition) is 6. The molecule has 0 atom stereocenters. The fraction of sp³-hybridized carbons (Fsp3) is 0.150. The maximum absolute atomic E-state index is 13.4. The molecule has 2 heterocycles. The second kappa shape index (κ2) is 7.15. The lowest BCUT2D eigenvalue weighted by Crippen LogP contribution is -2.09. The second-order valence-electron chi connectivity index (χ2n) is 6.16. The van der Waals surface area contributed by atoms with Gasteiger partial charge in [0.05, 0.1) is 12.1 Å². The minimum absolute atomic E-state index is 0.133. The molecular weight excluding hydrogens is 365 g/mol. The van der Waals surface area contributed by atoms with Crippen molar-refractivity contribution in [2.75, 3.05) is 6.61 Å². The third-order valence-electron chi connectivity index (χ3n) is 4.17. The van der Waals surface area contributed by atoms with Crippen molar-refractivity contribution in [2.45, 2.75) is 13.3 Å². The van der Waals surface area contributed by atoms with Gasteiger partial charge in [-0.1, -0.05) is 12.1 Å². The first-order valence-corrected chi connectivity index (χ1v) is 8.68. The van der Waals surface area contributed by atoms with Crippen molar-refractivity contribution in [1.82, 2.24) is 15.1 Å². The minimum atomic E-state index is -0.658. The summed E-state index contributed by atoms with van der Waals surface area (Å²) in [6, 6.07) is 10.8. The zero-order chi connectivity index (χ0) is 19.7. The van der Waals surface area contributed by atoms with Gasteiger partial charge in [-0.3, -0.25) is 4.79 Å². The Morgan fingerprint density at radius 2 is 2.00 bits per heavy atom. The molecule has 0 fully saturated rings. The quantitative estimate of drug-likeness (QED) is 0.544. The van der Waals surface area contributed by atoms with E-state index in [1.165, 1.54) is 12.1 Å². The molecule has 7 nitrogen and oxygen atoms in total. The zero-order valence-electron chi connectivity index (χ0n) is 14.9. The van der Waals surface area contributed by atoms with E-state index in [1.807, 2.05) is 6.92 Å². The molecule has 2 aromatic heterocycles. The maximum Gasteiger partial charge on any atom is 0.267 e. The summed E-state index contributed by atoms with van der Waals surface area (Å²) in [5.41, 5.74) is 0.0150. The molecule has 4 aromatic rings. The topological polar surface area (TPSA) is 101 Å². The summed E-state index contributed by atoms with van der Waals surface area (Å²) in [5.74, 6) is -0.0227. The lowest BCUT2D eigenvalue weighted by Gasteiger charge is -2.04. The highest BCUT2D eigenvalue weighted by molar-refractivity contribution is 5.90. The molecule has 0 aliphatic heterocycles. The highest BCUT2D eigenvalue weighted by Crippen LogP contribution is 2.32. The van der Waals surface area contributed by atoms with Gasteiger partial charge in [0, 0.05) is 10.9 Å². The number of benzene rings is 2. The average molecular weight is 381 g/mol.